The fourth-order valence-corrected chi connectivity index (χ4v) is 1.79. The predicted molar refractivity (Wildman–Crippen MR) is 67.9 cm³/mol. The van der Waals surface area contributed by atoms with Crippen molar-refractivity contribution in [2.75, 3.05) is 0 Å². The monoisotopic (exact) mass is 242 g/mol. The molecule has 1 N–H and O–H groups in total. The Morgan fingerprint density at radius 2 is 1.72 bits per heavy atom. The van der Waals surface area contributed by atoms with Gasteiger partial charge < -0.3 is 5.11 Å². The first-order chi connectivity index (χ1) is 8.61. The molecule has 0 fully saturated rings. The highest BCUT2D eigenvalue weighted by Gasteiger charge is 2.17. The van der Waals surface area contributed by atoms with E-state index in [2.05, 4.69) is 6.58 Å². The molecule has 0 bridgehead atoms. The third-order valence-corrected chi connectivity index (χ3v) is 2.67. The topological polar surface area (TPSA) is 37.3 Å². The Kier molecular flexibility index (Phi) is 3.24. The first kappa shape index (κ1) is 12.0. The van der Waals surface area contributed by atoms with Gasteiger partial charge in [-0.15, -0.1) is 0 Å². The number of carboxylic acids is 1. The number of carbonyl (C=O) groups is 1. The number of benzene rings is 2. The van der Waals surface area contributed by atoms with Crippen LogP contribution in [0.5, 0.6) is 0 Å². The third-order valence-electron chi connectivity index (χ3n) is 2.67. The fraction of sp³-hybridized carbons (Fsp3) is 0. The Morgan fingerprint density at radius 3 is 2.33 bits per heavy atom. The van der Waals surface area contributed by atoms with Gasteiger partial charge in [0.05, 0.1) is 5.56 Å². The normalized spacial score (nSPS) is 10.1. The molecule has 2 rings (SSSR count). The molecule has 2 aromatic rings. The second-order valence-corrected chi connectivity index (χ2v) is 3.81. The average Bonchev–Trinajstić information content (AvgIpc) is 2.38. The minimum atomic E-state index is -1.17. The van der Waals surface area contributed by atoms with Gasteiger partial charge in [0.25, 0.3) is 0 Å². The summed E-state index contributed by atoms with van der Waals surface area (Å²) >= 11 is 0. The van der Waals surface area contributed by atoms with E-state index < -0.39 is 11.8 Å². The van der Waals surface area contributed by atoms with Crippen LogP contribution in [-0.2, 0) is 0 Å². The Balaban J connectivity index is 2.58. The molecule has 0 aliphatic heterocycles. The molecule has 0 heterocycles. The van der Waals surface area contributed by atoms with Crippen molar-refractivity contribution >= 4 is 11.5 Å². The molecule has 0 radical (unpaired) electrons. The average molecular weight is 242 g/mol. The van der Waals surface area contributed by atoms with Gasteiger partial charge in [-0.1, -0.05) is 43.0 Å². The van der Waals surface area contributed by atoms with Crippen LogP contribution in [-0.4, -0.2) is 11.1 Å². The third kappa shape index (κ3) is 2.15. The summed E-state index contributed by atoms with van der Waals surface area (Å²) in [5, 5.41) is 9.08. The van der Waals surface area contributed by atoms with Crippen molar-refractivity contribution in [3.63, 3.8) is 0 Å². The summed E-state index contributed by atoms with van der Waals surface area (Å²) in [5.74, 6) is -1.75. The Hall–Kier alpha value is -2.42. The Morgan fingerprint density at radius 1 is 1.06 bits per heavy atom. The van der Waals surface area contributed by atoms with E-state index >= 15 is 0 Å². The summed E-state index contributed by atoms with van der Waals surface area (Å²) in [4.78, 5) is 11.1. The van der Waals surface area contributed by atoms with Gasteiger partial charge in [-0.05, 0) is 23.3 Å². The number of hydrogen-bond donors (Lipinski definition) is 1. The summed E-state index contributed by atoms with van der Waals surface area (Å²) in [5.41, 5.74) is 1.02. The quantitative estimate of drug-likeness (QED) is 0.893. The summed E-state index contributed by atoms with van der Waals surface area (Å²) in [7, 11) is 0. The number of carboxylic acid groups (broad SMARTS) is 1. The molecular weight excluding hydrogens is 231 g/mol. The largest absolute Gasteiger partial charge is 0.478 e. The SMILES string of the molecule is C=C(c1ccccc1)c1c(F)cccc1C(=O)O. The molecule has 0 amide bonds. The summed E-state index contributed by atoms with van der Waals surface area (Å²) in [6, 6.07) is 12.9. The number of rotatable bonds is 3. The lowest BCUT2D eigenvalue weighted by Crippen LogP contribution is -2.04. The van der Waals surface area contributed by atoms with Crippen LogP contribution in [0.25, 0.3) is 5.57 Å². The van der Waals surface area contributed by atoms with Crippen molar-refractivity contribution in [1.29, 1.82) is 0 Å². The smallest absolute Gasteiger partial charge is 0.336 e. The lowest BCUT2D eigenvalue weighted by molar-refractivity contribution is 0.0696. The van der Waals surface area contributed by atoms with E-state index in [0.717, 1.165) is 0 Å². The van der Waals surface area contributed by atoms with Gasteiger partial charge in [0.2, 0.25) is 0 Å². The molecule has 0 saturated carbocycles. The van der Waals surface area contributed by atoms with Crippen LogP contribution in [0, 0.1) is 5.82 Å². The van der Waals surface area contributed by atoms with Crippen molar-refractivity contribution in [1.82, 2.24) is 0 Å². The first-order valence-electron chi connectivity index (χ1n) is 5.37. The van der Waals surface area contributed by atoms with E-state index in [1.807, 2.05) is 6.07 Å². The van der Waals surface area contributed by atoms with Crippen LogP contribution in [0.15, 0.2) is 55.1 Å². The number of aromatic carboxylic acids is 1. The molecule has 0 atom stereocenters. The molecular formula is C15H11FO2. The van der Waals surface area contributed by atoms with Gasteiger partial charge in [0.1, 0.15) is 5.82 Å². The van der Waals surface area contributed by atoms with Crippen LogP contribution in [0.3, 0.4) is 0 Å². The Labute approximate surface area is 104 Å². The molecule has 2 nitrogen and oxygen atoms in total. The molecule has 3 heteroatoms. The van der Waals surface area contributed by atoms with E-state index in [1.165, 1.54) is 18.2 Å². The maximum atomic E-state index is 13.8. The molecule has 0 aromatic heterocycles. The molecule has 0 aliphatic rings. The highest BCUT2D eigenvalue weighted by molar-refractivity contribution is 5.96. The highest BCUT2D eigenvalue weighted by atomic mass is 19.1. The van der Waals surface area contributed by atoms with Crippen LogP contribution in [0.1, 0.15) is 21.5 Å². The minimum Gasteiger partial charge on any atom is -0.478 e. The van der Waals surface area contributed by atoms with Gasteiger partial charge in [-0.25, -0.2) is 9.18 Å². The summed E-state index contributed by atoms with van der Waals surface area (Å²) in [6.07, 6.45) is 0. The maximum Gasteiger partial charge on any atom is 0.336 e. The molecule has 90 valence electrons. The summed E-state index contributed by atoms with van der Waals surface area (Å²) < 4.78 is 13.8. The van der Waals surface area contributed by atoms with Crippen LogP contribution >= 0.6 is 0 Å². The van der Waals surface area contributed by atoms with Crippen molar-refractivity contribution in [3.05, 3.63) is 77.6 Å². The molecule has 2 aromatic carbocycles. The van der Waals surface area contributed by atoms with Gasteiger partial charge in [0, 0.05) is 5.56 Å². The highest BCUT2D eigenvalue weighted by Crippen LogP contribution is 2.27. The number of halogens is 1. The number of hydrogen-bond acceptors (Lipinski definition) is 1. The van der Waals surface area contributed by atoms with Crippen molar-refractivity contribution < 1.29 is 14.3 Å². The lowest BCUT2D eigenvalue weighted by Gasteiger charge is -2.10. The van der Waals surface area contributed by atoms with Crippen molar-refractivity contribution in [2.45, 2.75) is 0 Å². The van der Waals surface area contributed by atoms with Crippen LogP contribution in [0.2, 0.25) is 0 Å². The fourth-order valence-electron chi connectivity index (χ4n) is 1.79. The minimum absolute atomic E-state index is 0.0381. The molecule has 0 unspecified atom stereocenters. The van der Waals surface area contributed by atoms with Crippen LogP contribution < -0.4 is 0 Å². The zero-order valence-electron chi connectivity index (χ0n) is 9.56. The maximum absolute atomic E-state index is 13.8. The Bertz CT molecular complexity index is 603. The van der Waals surface area contributed by atoms with Crippen molar-refractivity contribution in [3.8, 4) is 0 Å². The molecule has 0 saturated heterocycles. The van der Waals surface area contributed by atoms with Gasteiger partial charge >= 0.3 is 5.97 Å². The van der Waals surface area contributed by atoms with Gasteiger partial charge in [-0.2, -0.15) is 0 Å². The zero-order chi connectivity index (χ0) is 13.1. The lowest BCUT2D eigenvalue weighted by atomic mass is 9.95. The second kappa shape index (κ2) is 4.84. The zero-order valence-corrected chi connectivity index (χ0v) is 9.56. The predicted octanol–water partition coefficient (Wildman–Crippen LogP) is 3.59. The molecule has 18 heavy (non-hydrogen) atoms. The van der Waals surface area contributed by atoms with E-state index in [1.54, 1.807) is 24.3 Å². The molecule has 0 aliphatic carbocycles. The van der Waals surface area contributed by atoms with E-state index in [0.29, 0.717) is 11.1 Å². The molecule has 0 spiro atoms. The van der Waals surface area contributed by atoms with Gasteiger partial charge in [0.15, 0.2) is 0 Å². The second-order valence-electron chi connectivity index (χ2n) is 3.81. The van der Waals surface area contributed by atoms with E-state index in [-0.39, 0.29) is 11.1 Å². The standard InChI is InChI=1S/C15H11FO2/c1-10(11-6-3-2-4-7-11)14-12(15(17)18)8-5-9-13(14)16/h2-9H,1H2,(H,17,18). The van der Waals surface area contributed by atoms with E-state index in [4.69, 9.17) is 5.11 Å². The first-order valence-corrected chi connectivity index (χ1v) is 5.37. The van der Waals surface area contributed by atoms with Crippen molar-refractivity contribution in [2.24, 2.45) is 0 Å². The van der Waals surface area contributed by atoms with Gasteiger partial charge in [-0.3, -0.25) is 0 Å². The van der Waals surface area contributed by atoms with E-state index in [9.17, 15) is 9.18 Å². The van der Waals surface area contributed by atoms with Crippen LogP contribution in [0.4, 0.5) is 4.39 Å². The summed E-state index contributed by atoms with van der Waals surface area (Å²) in [6.45, 7) is 3.80.